The van der Waals surface area contributed by atoms with Crippen molar-refractivity contribution in [2.24, 2.45) is 28.6 Å². The van der Waals surface area contributed by atoms with Gasteiger partial charge in [0.2, 0.25) is 0 Å². The van der Waals surface area contributed by atoms with Crippen LogP contribution in [0.2, 0.25) is 0 Å². The van der Waals surface area contributed by atoms with Gasteiger partial charge in [-0.3, -0.25) is 0 Å². The van der Waals surface area contributed by atoms with Crippen LogP contribution in [-0.2, 0) is 0 Å². The smallest absolute Gasteiger partial charge is 0.108 e. The Balaban J connectivity index is -0.0000000260. The van der Waals surface area contributed by atoms with Crippen LogP contribution in [-0.4, -0.2) is 230 Å². The highest BCUT2D eigenvalue weighted by Crippen LogP contribution is 2.26. The lowest BCUT2D eigenvalue weighted by Gasteiger charge is -2.27. The molecule has 0 bridgehead atoms. The van der Waals surface area contributed by atoms with Crippen molar-refractivity contribution in [1.29, 1.82) is 0 Å². The maximum Gasteiger partial charge on any atom is 0.108 e. The van der Waals surface area contributed by atoms with Gasteiger partial charge in [-0.25, -0.2) is 0 Å². The molecule has 0 radical (unpaired) electrons. The Morgan fingerprint density at radius 3 is 0.892 bits per heavy atom. The molecule has 20 nitrogen and oxygen atoms in total. The molecule has 0 aromatic heterocycles. The van der Waals surface area contributed by atoms with E-state index < -0.39 is 49.3 Å². The first-order valence-electron chi connectivity index (χ1n) is 29.2. The second-order valence-corrected chi connectivity index (χ2v) is 20.5. The number of hydrogen-bond acceptors (Lipinski definition) is 20. The van der Waals surface area contributed by atoms with Crippen molar-refractivity contribution >= 4 is 0 Å². The van der Waals surface area contributed by atoms with Crippen molar-refractivity contribution in [1.82, 2.24) is 0 Å². The number of aliphatic hydroxyl groups excluding tert-OH is 20. The van der Waals surface area contributed by atoms with Gasteiger partial charge in [0.25, 0.3) is 0 Å². The highest BCUT2D eigenvalue weighted by atomic mass is 16.4. The monoisotopic (exact) mass is 1390 g/mol. The van der Waals surface area contributed by atoms with Gasteiger partial charge in [0.1, 0.15) is 18.3 Å². The zero-order valence-corrected chi connectivity index (χ0v) is 50.6. The predicted octanol–water partition coefficient (Wildman–Crippen LogP) is 13.1. The van der Waals surface area contributed by atoms with Gasteiger partial charge in [-0.2, -0.15) is 0 Å². The van der Waals surface area contributed by atoms with Gasteiger partial charge in [-0.1, -0.05) is 259 Å². The first kappa shape index (κ1) is 165. The van der Waals surface area contributed by atoms with Gasteiger partial charge in [-0.15, -0.1) is 0 Å². The molecule has 0 heterocycles. The summed E-state index contributed by atoms with van der Waals surface area (Å²) in [5, 5.41) is 175. The Labute approximate surface area is 586 Å². The molecule has 0 saturated heterocycles. The van der Waals surface area contributed by atoms with Gasteiger partial charge >= 0.3 is 0 Å². The fraction of sp³-hybridized carbons (Fsp3) is 1.00. The van der Waals surface area contributed by atoms with Crippen LogP contribution in [0.3, 0.4) is 0 Å². The van der Waals surface area contributed by atoms with E-state index in [2.05, 4.69) is 20.8 Å². The fourth-order valence-corrected chi connectivity index (χ4v) is 6.93. The molecule has 0 aromatic rings. The van der Waals surface area contributed by atoms with E-state index in [-0.39, 0.29) is 220 Å². The first-order valence-corrected chi connectivity index (χ1v) is 29.2. The molecule has 0 spiro atoms. The van der Waals surface area contributed by atoms with Crippen LogP contribution in [0, 0.1) is 28.6 Å². The average Bonchev–Trinajstić information content (AvgIpc) is 3.44. The minimum atomic E-state index is -1.24. The van der Waals surface area contributed by atoms with Crippen LogP contribution in [0.1, 0.15) is 330 Å². The van der Waals surface area contributed by atoms with Crippen molar-refractivity contribution in [3.05, 3.63) is 0 Å². The van der Waals surface area contributed by atoms with E-state index in [1.54, 1.807) is 6.92 Å². The molecular weight excluding hydrogens is 1200 g/mol. The SMILES string of the molecule is C.C.C.C.C.C.C.C.C.C.C.C.C.C.C.C.CCCC(C)(CO)CO.CCCC(CC)(CO)CO.CCCC(CO)C(C)O.CCCC(CO)C(O)CO.CCCC(CO)CCO.CCCC(O)C(O)C(O)CO.CCCCC(O)C(O)CO.CCCCCC(O)CO. The van der Waals surface area contributed by atoms with E-state index in [4.69, 9.17) is 102 Å². The molecule has 0 fully saturated rings. The summed E-state index contributed by atoms with van der Waals surface area (Å²) in [5.74, 6) is 0.241. The number of rotatable bonds is 38. The van der Waals surface area contributed by atoms with Crippen LogP contribution in [0.4, 0.5) is 0 Å². The van der Waals surface area contributed by atoms with Crippen molar-refractivity contribution in [2.45, 2.75) is 379 Å². The summed E-state index contributed by atoms with van der Waals surface area (Å²) in [5.41, 5.74) is -0.469. The third-order valence-corrected chi connectivity index (χ3v) is 12.9. The maximum absolute atomic E-state index is 9.10. The zero-order valence-electron chi connectivity index (χ0n) is 50.6. The number of hydrogen-bond donors (Lipinski definition) is 20. The van der Waals surface area contributed by atoms with E-state index in [0.717, 1.165) is 122 Å². The van der Waals surface area contributed by atoms with Crippen LogP contribution in [0.5, 0.6) is 0 Å². The van der Waals surface area contributed by atoms with E-state index >= 15 is 0 Å². The summed E-state index contributed by atoms with van der Waals surface area (Å²) in [6.07, 6.45) is 12.1. The van der Waals surface area contributed by atoms with Crippen molar-refractivity contribution in [3.8, 4) is 0 Å². The highest BCUT2D eigenvalue weighted by molar-refractivity contribution is 4.76. The molecule has 0 rings (SSSR count). The standard InChI is InChI=1S/C8H18O2.C7H16O4.2C7H16O3.4C7H16O2.16CH4/c1-3-5-8(4-2,6-9)7-10;1-2-3-5(9)7(11)6(10)4-8;1-2-3-6(4-8)7(10)5-9;1-2-3-4-6(9)7(10)5-8;1-3-4-7(2,5-8)6-9;1-3-4-7(5-8)6(2)9;1-2-3-7(6-9)4-5-8;1-2-3-4-5-7(9)6-8;;;;;;;;;;;;;;;;/h9-10H,3-7H2,1-2H3;5-11H,2-4H2,1H3;2*6-10H,2-5H2,1H3;8-9H,3-6H2,1-2H3;6-9H,3-5H2,1-2H3;2*7-9H,2-6H2,1H3;16*1H4. The fourth-order valence-electron chi connectivity index (χ4n) is 6.93. The Morgan fingerprint density at radius 1 is 0.290 bits per heavy atom. The molecule has 0 aromatic carbocycles. The molecule has 11 atom stereocenters. The van der Waals surface area contributed by atoms with Crippen molar-refractivity contribution in [3.63, 3.8) is 0 Å². The Kier molecular flexibility index (Phi) is 221. The second-order valence-electron chi connectivity index (χ2n) is 20.5. The molecule has 0 aliphatic carbocycles. The second kappa shape index (κ2) is 125. The summed E-state index contributed by atoms with van der Waals surface area (Å²) in [6.45, 7) is 21.4. The summed E-state index contributed by atoms with van der Waals surface area (Å²) in [4.78, 5) is 0. The molecule has 20 heteroatoms. The largest absolute Gasteiger partial charge is 0.396 e. The maximum atomic E-state index is 9.10. The summed E-state index contributed by atoms with van der Waals surface area (Å²) in [6, 6.07) is 0. The first-order chi connectivity index (χ1) is 36.4. The number of aliphatic hydroxyl groups is 20. The zero-order chi connectivity index (χ0) is 61.7. The Morgan fingerprint density at radius 2 is 0.667 bits per heavy atom. The molecule has 93 heavy (non-hydrogen) atoms. The predicted molar refractivity (Wildman–Crippen MR) is 415 cm³/mol. The van der Waals surface area contributed by atoms with Gasteiger partial charge in [0.15, 0.2) is 0 Å². The van der Waals surface area contributed by atoms with E-state index in [1.807, 2.05) is 48.5 Å². The molecule has 11 unspecified atom stereocenters. The third kappa shape index (κ3) is 113. The summed E-state index contributed by atoms with van der Waals surface area (Å²) >= 11 is 0. The molecule has 0 aliphatic heterocycles. The molecule has 606 valence electrons. The van der Waals surface area contributed by atoms with E-state index in [9.17, 15) is 0 Å². The van der Waals surface area contributed by atoms with Crippen molar-refractivity contribution < 1.29 is 102 Å². The molecule has 20 N–H and O–H groups in total. The van der Waals surface area contributed by atoms with Gasteiger partial charge in [0, 0.05) is 49.1 Å². The van der Waals surface area contributed by atoms with Crippen LogP contribution < -0.4 is 0 Å². The molecule has 0 aliphatic rings. The minimum absolute atomic E-state index is 0. The minimum Gasteiger partial charge on any atom is -0.396 e. The lowest BCUT2D eigenvalue weighted by Crippen LogP contribution is -2.39. The Hall–Kier alpha value is -0.800. The van der Waals surface area contributed by atoms with Gasteiger partial charge in [0.05, 0.1) is 83.4 Å². The normalized spacial score (nSPS) is 12.7. The topological polar surface area (TPSA) is 405 Å². The molecular formula is C73H194O20. The quantitative estimate of drug-likeness (QED) is 0.0255. The number of unbranched alkanes of at least 4 members (excludes halogenated alkanes) is 3. The van der Waals surface area contributed by atoms with Gasteiger partial charge < -0.3 is 102 Å². The molecule has 0 amide bonds. The van der Waals surface area contributed by atoms with Gasteiger partial charge in [-0.05, 0) is 77.0 Å². The van der Waals surface area contributed by atoms with Crippen molar-refractivity contribution in [2.75, 3.05) is 79.3 Å². The average molecular weight is 1390 g/mol. The van der Waals surface area contributed by atoms with Crippen LogP contribution >= 0.6 is 0 Å². The van der Waals surface area contributed by atoms with Crippen LogP contribution in [0.25, 0.3) is 0 Å². The lowest BCUT2D eigenvalue weighted by molar-refractivity contribution is -0.0782. The van der Waals surface area contributed by atoms with Crippen LogP contribution in [0.15, 0.2) is 0 Å². The Bertz CT molecular complexity index is 1020. The summed E-state index contributed by atoms with van der Waals surface area (Å²) < 4.78 is 0. The highest BCUT2D eigenvalue weighted by Gasteiger charge is 2.25. The van der Waals surface area contributed by atoms with E-state index in [0.29, 0.717) is 18.8 Å². The van der Waals surface area contributed by atoms with E-state index in [1.165, 1.54) is 0 Å². The lowest BCUT2D eigenvalue weighted by atomic mass is 9.83. The molecule has 0 saturated carbocycles. The third-order valence-electron chi connectivity index (χ3n) is 12.9. The summed E-state index contributed by atoms with van der Waals surface area (Å²) in [7, 11) is 0.